The van der Waals surface area contributed by atoms with E-state index < -0.39 is 0 Å². The van der Waals surface area contributed by atoms with Crippen molar-refractivity contribution in [3.8, 4) is 0 Å². The molecule has 1 unspecified atom stereocenters. The Bertz CT molecular complexity index is 688. The Balaban J connectivity index is 1.31. The molecule has 3 aliphatic heterocycles. The first-order valence-electron chi connectivity index (χ1n) is 11.7. The second kappa shape index (κ2) is 9.96. The summed E-state index contributed by atoms with van der Waals surface area (Å²) in [6, 6.07) is 0.747. The molecule has 3 fully saturated rings. The third-order valence-corrected chi connectivity index (χ3v) is 6.93. The van der Waals surface area contributed by atoms with E-state index in [1.165, 1.54) is 19.3 Å². The van der Waals surface area contributed by atoms with Crippen LogP contribution in [0.4, 0.5) is 0 Å². The maximum Gasteiger partial charge on any atom is 0.255 e. The van der Waals surface area contributed by atoms with Gasteiger partial charge in [-0.2, -0.15) is 0 Å². The lowest BCUT2D eigenvalue weighted by atomic mass is 9.91. The molecule has 7 heteroatoms. The van der Waals surface area contributed by atoms with Crippen molar-refractivity contribution in [2.24, 2.45) is 0 Å². The van der Waals surface area contributed by atoms with Gasteiger partial charge in [-0.05, 0) is 38.5 Å². The Morgan fingerprint density at radius 3 is 2.50 bits per heavy atom. The van der Waals surface area contributed by atoms with Gasteiger partial charge in [0, 0.05) is 58.4 Å². The normalized spacial score (nSPS) is 26.6. The Kier molecular flexibility index (Phi) is 7.10. The van der Waals surface area contributed by atoms with Crippen LogP contribution < -0.4 is 0 Å². The summed E-state index contributed by atoms with van der Waals surface area (Å²) in [6.07, 6.45) is 13.6. The molecule has 1 saturated carbocycles. The van der Waals surface area contributed by atoms with E-state index in [2.05, 4.69) is 4.90 Å². The molecule has 1 atom stereocenters. The molecule has 0 spiro atoms. The average Bonchev–Trinajstić information content (AvgIpc) is 3.08. The van der Waals surface area contributed by atoms with Crippen LogP contribution in [0.25, 0.3) is 0 Å². The van der Waals surface area contributed by atoms with E-state index in [0.717, 1.165) is 71.0 Å². The maximum absolute atomic E-state index is 13.1. The number of hydrogen-bond acceptors (Lipinski definition) is 5. The molecule has 0 N–H and O–H groups in total. The van der Waals surface area contributed by atoms with Gasteiger partial charge in [-0.3, -0.25) is 24.4 Å². The number of hydroxylamine groups is 2. The minimum Gasteiger partial charge on any atom is -0.343 e. The number of likely N-dealkylation sites (tertiary alicyclic amines) is 1. The second-order valence-electron chi connectivity index (χ2n) is 9.02. The predicted molar refractivity (Wildman–Crippen MR) is 115 cm³/mol. The van der Waals surface area contributed by atoms with Crippen LogP contribution in [0.2, 0.25) is 0 Å². The largest absolute Gasteiger partial charge is 0.343 e. The fraction of sp³-hybridized carbons (Fsp3) is 0.739. The lowest BCUT2D eigenvalue weighted by Gasteiger charge is -2.36. The van der Waals surface area contributed by atoms with Crippen LogP contribution in [-0.2, 0) is 14.4 Å². The van der Waals surface area contributed by atoms with Crippen molar-refractivity contribution >= 4 is 11.8 Å². The fourth-order valence-corrected chi connectivity index (χ4v) is 4.85. The summed E-state index contributed by atoms with van der Waals surface area (Å²) in [5.41, 5.74) is 0.706. The lowest BCUT2D eigenvalue weighted by Crippen LogP contribution is -2.43. The van der Waals surface area contributed by atoms with E-state index in [4.69, 9.17) is 4.84 Å². The van der Waals surface area contributed by atoms with Crippen molar-refractivity contribution in [3.05, 3.63) is 23.9 Å². The van der Waals surface area contributed by atoms with Gasteiger partial charge in [0.1, 0.15) is 0 Å². The minimum atomic E-state index is 0.0858. The monoisotopic (exact) mass is 416 g/mol. The van der Waals surface area contributed by atoms with Gasteiger partial charge in [-0.25, -0.2) is 0 Å². The Morgan fingerprint density at radius 1 is 0.900 bits per heavy atom. The van der Waals surface area contributed by atoms with E-state index in [0.29, 0.717) is 12.1 Å². The molecule has 2 saturated heterocycles. The molecule has 3 heterocycles. The summed E-state index contributed by atoms with van der Waals surface area (Å²) in [5.74, 6) is 0.247. The van der Waals surface area contributed by atoms with Gasteiger partial charge in [-0.1, -0.05) is 18.6 Å². The third-order valence-electron chi connectivity index (χ3n) is 6.93. The van der Waals surface area contributed by atoms with Crippen LogP contribution in [0.15, 0.2) is 23.9 Å². The minimum absolute atomic E-state index is 0.0858. The zero-order valence-electron chi connectivity index (χ0n) is 18.3. The second-order valence-corrected chi connectivity index (χ2v) is 9.02. The maximum atomic E-state index is 13.1. The molecular weight excluding hydrogens is 380 g/mol. The number of carbonyl (C=O) groups is 2. The summed E-state index contributed by atoms with van der Waals surface area (Å²) in [5, 5.41) is 1.81. The highest BCUT2D eigenvalue weighted by atomic mass is 16.7. The highest BCUT2D eigenvalue weighted by Gasteiger charge is 2.29. The summed E-state index contributed by atoms with van der Waals surface area (Å²) in [6.45, 7) is 7.57. The first-order chi connectivity index (χ1) is 14.6. The smallest absolute Gasteiger partial charge is 0.255 e. The summed E-state index contributed by atoms with van der Waals surface area (Å²) < 4.78 is 0. The SMILES string of the molecule is CC(=O)N1CCCC(ON2C=C(C(=O)N3CCCN(C4CCC4)CC3)C=CC2)CC1. The number of hydrogen-bond donors (Lipinski definition) is 0. The van der Waals surface area contributed by atoms with Gasteiger partial charge < -0.3 is 9.80 Å². The quantitative estimate of drug-likeness (QED) is 0.703. The molecule has 0 aromatic heterocycles. The van der Waals surface area contributed by atoms with Gasteiger partial charge >= 0.3 is 0 Å². The van der Waals surface area contributed by atoms with Crippen molar-refractivity contribution < 1.29 is 14.4 Å². The molecule has 1 aliphatic carbocycles. The number of carbonyl (C=O) groups excluding carboxylic acids is 2. The van der Waals surface area contributed by atoms with Gasteiger partial charge in [0.05, 0.1) is 18.2 Å². The molecule has 4 rings (SSSR count). The van der Waals surface area contributed by atoms with Crippen LogP contribution >= 0.6 is 0 Å². The van der Waals surface area contributed by atoms with E-state index in [1.54, 1.807) is 12.0 Å². The van der Waals surface area contributed by atoms with Crippen molar-refractivity contribution in [2.75, 3.05) is 45.8 Å². The molecule has 0 bridgehead atoms. The molecule has 0 radical (unpaired) electrons. The fourth-order valence-electron chi connectivity index (χ4n) is 4.85. The topological polar surface area (TPSA) is 56.3 Å². The zero-order valence-corrected chi connectivity index (χ0v) is 18.3. The van der Waals surface area contributed by atoms with Crippen LogP contribution in [0.5, 0.6) is 0 Å². The third kappa shape index (κ3) is 5.24. The van der Waals surface area contributed by atoms with Crippen LogP contribution in [0.1, 0.15) is 51.9 Å². The van der Waals surface area contributed by atoms with Crippen molar-refractivity contribution in [2.45, 2.75) is 64.0 Å². The standard InChI is InChI=1S/C23H36N4O3/c1-19(28)24-11-4-9-22(10-15-24)30-27-14-3-6-20(18-27)23(29)26-13-5-12-25(16-17-26)21-7-2-8-21/h3,6,18,21-22H,2,4-5,7-17H2,1H3. The molecule has 2 amide bonds. The van der Waals surface area contributed by atoms with E-state index in [9.17, 15) is 9.59 Å². The predicted octanol–water partition coefficient (Wildman–Crippen LogP) is 2.16. The van der Waals surface area contributed by atoms with Gasteiger partial charge in [0.2, 0.25) is 5.91 Å². The number of amides is 2. The summed E-state index contributed by atoms with van der Waals surface area (Å²) in [4.78, 5) is 37.4. The van der Waals surface area contributed by atoms with E-state index in [1.807, 2.05) is 28.2 Å². The zero-order chi connectivity index (χ0) is 20.9. The Hall–Kier alpha value is -1.86. The molecule has 0 aromatic rings. The van der Waals surface area contributed by atoms with Crippen molar-refractivity contribution in [3.63, 3.8) is 0 Å². The van der Waals surface area contributed by atoms with E-state index >= 15 is 0 Å². The Labute approximate surface area is 180 Å². The molecule has 7 nitrogen and oxygen atoms in total. The average molecular weight is 417 g/mol. The first kappa shape index (κ1) is 21.4. The molecular formula is C23H36N4O3. The van der Waals surface area contributed by atoms with Crippen LogP contribution in [-0.4, -0.2) is 89.5 Å². The molecule has 166 valence electrons. The lowest BCUT2D eigenvalue weighted by molar-refractivity contribution is -0.163. The highest BCUT2D eigenvalue weighted by molar-refractivity contribution is 5.96. The molecule has 30 heavy (non-hydrogen) atoms. The van der Waals surface area contributed by atoms with Crippen molar-refractivity contribution in [1.29, 1.82) is 0 Å². The van der Waals surface area contributed by atoms with Crippen molar-refractivity contribution in [1.82, 2.24) is 19.8 Å². The highest BCUT2D eigenvalue weighted by Crippen LogP contribution is 2.26. The van der Waals surface area contributed by atoms with Crippen LogP contribution in [0.3, 0.4) is 0 Å². The van der Waals surface area contributed by atoms with E-state index in [-0.39, 0.29) is 17.9 Å². The number of nitrogens with zero attached hydrogens (tertiary/aromatic N) is 4. The number of rotatable bonds is 4. The molecule has 4 aliphatic rings. The van der Waals surface area contributed by atoms with Crippen LogP contribution in [0, 0.1) is 0 Å². The van der Waals surface area contributed by atoms with Gasteiger partial charge in [0.25, 0.3) is 5.91 Å². The Morgan fingerprint density at radius 2 is 1.73 bits per heavy atom. The van der Waals surface area contributed by atoms with Gasteiger partial charge in [-0.15, -0.1) is 0 Å². The van der Waals surface area contributed by atoms with Gasteiger partial charge in [0.15, 0.2) is 0 Å². The first-order valence-corrected chi connectivity index (χ1v) is 11.7. The molecule has 0 aromatic carbocycles. The summed E-state index contributed by atoms with van der Waals surface area (Å²) in [7, 11) is 0. The summed E-state index contributed by atoms with van der Waals surface area (Å²) >= 11 is 0.